The van der Waals surface area contributed by atoms with E-state index < -0.39 is 0 Å². The zero-order valence-corrected chi connectivity index (χ0v) is 9.95. The number of hydrogen-bond acceptors (Lipinski definition) is 3. The summed E-state index contributed by atoms with van der Waals surface area (Å²) in [5, 5.41) is 1.32. The topological polar surface area (TPSA) is 39.1 Å². The Bertz CT molecular complexity index is 845. The zero-order valence-electron chi connectivity index (χ0n) is 9.14. The van der Waals surface area contributed by atoms with Gasteiger partial charge in [-0.2, -0.15) is 0 Å². The first-order valence-electron chi connectivity index (χ1n) is 5.20. The molecule has 3 nitrogen and oxygen atoms in total. The fourth-order valence-electron chi connectivity index (χ4n) is 1.91. The Morgan fingerprint density at radius 3 is 2.59 bits per heavy atom. The summed E-state index contributed by atoms with van der Waals surface area (Å²) in [6, 6.07) is 10.5. The molecular weight excluding hydrogens is 234 g/mol. The summed E-state index contributed by atoms with van der Waals surface area (Å²) >= 11 is 1.47. The van der Waals surface area contributed by atoms with Gasteiger partial charge < -0.3 is 4.57 Å². The summed E-state index contributed by atoms with van der Waals surface area (Å²) in [4.78, 5) is 24.5. The van der Waals surface area contributed by atoms with Crippen LogP contribution in [0.25, 0.3) is 20.3 Å². The summed E-state index contributed by atoms with van der Waals surface area (Å²) in [7, 11) is 1.69. The average Bonchev–Trinajstić information content (AvgIpc) is 2.35. The highest BCUT2D eigenvalue weighted by Gasteiger charge is 2.07. The van der Waals surface area contributed by atoms with Crippen molar-refractivity contribution in [2.75, 3.05) is 0 Å². The number of fused-ring (bicyclic) bond motifs is 2. The standard InChI is InChI=1S/C13H9NO2S/c1-14-11(15)7-6-9-12(16)8-4-2-3-5-10(8)17-13(9)14/h2-7H,1H3. The van der Waals surface area contributed by atoms with Crippen molar-refractivity contribution in [3.63, 3.8) is 0 Å². The van der Waals surface area contributed by atoms with E-state index in [0.717, 1.165) is 9.53 Å². The van der Waals surface area contributed by atoms with Gasteiger partial charge in [0.1, 0.15) is 4.83 Å². The lowest BCUT2D eigenvalue weighted by atomic mass is 10.2. The molecular formula is C13H9NO2S. The minimum absolute atomic E-state index is 0.00931. The van der Waals surface area contributed by atoms with E-state index in [0.29, 0.717) is 10.8 Å². The SMILES string of the molecule is Cn1c(=O)ccc2c(=O)c3ccccc3sc21. The van der Waals surface area contributed by atoms with Crippen molar-refractivity contribution >= 4 is 31.6 Å². The van der Waals surface area contributed by atoms with Crippen LogP contribution in [0.3, 0.4) is 0 Å². The molecule has 2 heterocycles. The summed E-state index contributed by atoms with van der Waals surface area (Å²) in [5.41, 5.74) is -0.103. The Kier molecular flexibility index (Phi) is 2.12. The maximum absolute atomic E-state index is 12.2. The van der Waals surface area contributed by atoms with Crippen molar-refractivity contribution in [3.8, 4) is 0 Å². The number of rotatable bonds is 0. The molecule has 0 fully saturated rings. The molecule has 0 aliphatic heterocycles. The van der Waals surface area contributed by atoms with Gasteiger partial charge in [-0.25, -0.2) is 0 Å². The van der Waals surface area contributed by atoms with Crippen molar-refractivity contribution in [1.29, 1.82) is 0 Å². The van der Waals surface area contributed by atoms with E-state index in [1.54, 1.807) is 13.1 Å². The molecule has 1 aromatic carbocycles. The molecule has 0 aliphatic carbocycles. The molecule has 0 N–H and O–H groups in total. The molecule has 0 bridgehead atoms. The third kappa shape index (κ3) is 1.41. The Morgan fingerprint density at radius 2 is 1.76 bits per heavy atom. The molecule has 3 rings (SSSR count). The third-order valence-electron chi connectivity index (χ3n) is 2.84. The molecule has 17 heavy (non-hydrogen) atoms. The van der Waals surface area contributed by atoms with E-state index in [-0.39, 0.29) is 11.0 Å². The van der Waals surface area contributed by atoms with E-state index in [4.69, 9.17) is 0 Å². The highest BCUT2D eigenvalue weighted by Crippen LogP contribution is 2.22. The minimum Gasteiger partial charge on any atom is -0.303 e. The van der Waals surface area contributed by atoms with Crippen molar-refractivity contribution in [1.82, 2.24) is 4.57 Å². The van der Waals surface area contributed by atoms with Gasteiger partial charge in [-0.1, -0.05) is 12.1 Å². The van der Waals surface area contributed by atoms with Gasteiger partial charge in [0.2, 0.25) is 0 Å². The van der Waals surface area contributed by atoms with Crippen LogP contribution in [-0.2, 0) is 7.05 Å². The van der Waals surface area contributed by atoms with Crippen LogP contribution in [0.15, 0.2) is 46.0 Å². The smallest absolute Gasteiger partial charge is 0.251 e. The number of pyridine rings is 1. The second kappa shape index (κ2) is 3.53. The molecule has 0 aliphatic rings. The molecule has 84 valence electrons. The van der Waals surface area contributed by atoms with Crippen molar-refractivity contribution in [3.05, 3.63) is 57.0 Å². The average molecular weight is 243 g/mol. The van der Waals surface area contributed by atoms with Crippen molar-refractivity contribution in [2.45, 2.75) is 0 Å². The largest absolute Gasteiger partial charge is 0.303 e. The maximum atomic E-state index is 12.2. The molecule has 0 saturated carbocycles. The Morgan fingerprint density at radius 1 is 1.00 bits per heavy atom. The summed E-state index contributed by atoms with van der Waals surface area (Å²) in [5.74, 6) is 0. The highest BCUT2D eigenvalue weighted by atomic mass is 32.1. The van der Waals surface area contributed by atoms with Crippen LogP contribution >= 0.6 is 11.3 Å². The molecule has 4 heteroatoms. The van der Waals surface area contributed by atoms with Gasteiger partial charge >= 0.3 is 0 Å². The molecule has 2 aromatic heterocycles. The van der Waals surface area contributed by atoms with Crippen LogP contribution < -0.4 is 11.0 Å². The van der Waals surface area contributed by atoms with E-state index >= 15 is 0 Å². The fourth-order valence-corrected chi connectivity index (χ4v) is 3.03. The number of aryl methyl sites for hydroxylation is 1. The Balaban J connectivity index is 2.69. The minimum atomic E-state index is -0.0940. The molecule has 0 atom stereocenters. The number of aromatic nitrogens is 1. The Labute approximate surface area is 101 Å². The van der Waals surface area contributed by atoms with E-state index in [2.05, 4.69) is 0 Å². The van der Waals surface area contributed by atoms with Crippen LogP contribution in [0.5, 0.6) is 0 Å². The first kappa shape index (κ1) is 10.2. The van der Waals surface area contributed by atoms with E-state index in [1.807, 2.05) is 24.3 Å². The van der Waals surface area contributed by atoms with Crippen LogP contribution in [0, 0.1) is 0 Å². The highest BCUT2D eigenvalue weighted by molar-refractivity contribution is 7.24. The molecule has 0 amide bonds. The van der Waals surface area contributed by atoms with Gasteiger partial charge in [-0.3, -0.25) is 9.59 Å². The third-order valence-corrected chi connectivity index (χ3v) is 4.10. The maximum Gasteiger partial charge on any atom is 0.251 e. The first-order chi connectivity index (χ1) is 8.18. The lowest BCUT2D eigenvalue weighted by molar-refractivity contribution is 0.914. The predicted molar refractivity (Wildman–Crippen MR) is 70.8 cm³/mol. The second-order valence-electron chi connectivity index (χ2n) is 3.88. The molecule has 0 saturated heterocycles. The van der Waals surface area contributed by atoms with Crippen LogP contribution in [0.4, 0.5) is 0 Å². The van der Waals surface area contributed by atoms with Crippen LogP contribution in [-0.4, -0.2) is 4.57 Å². The van der Waals surface area contributed by atoms with Crippen molar-refractivity contribution < 1.29 is 0 Å². The van der Waals surface area contributed by atoms with Gasteiger partial charge in [-0.15, -0.1) is 11.3 Å². The van der Waals surface area contributed by atoms with E-state index in [1.165, 1.54) is 22.0 Å². The van der Waals surface area contributed by atoms with Crippen LogP contribution in [0.2, 0.25) is 0 Å². The lowest BCUT2D eigenvalue weighted by Crippen LogP contribution is -2.17. The molecule has 3 aromatic rings. The van der Waals surface area contributed by atoms with Gasteiger partial charge in [0.05, 0.1) is 5.39 Å². The van der Waals surface area contributed by atoms with Gasteiger partial charge in [0, 0.05) is 23.2 Å². The lowest BCUT2D eigenvalue weighted by Gasteiger charge is -2.04. The predicted octanol–water partition coefficient (Wildman–Crippen LogP) is 2.11. The normalized spacial score (nSPS) is 11.1. The molecule has 0 radical (unpaired) electrons. The Hall–Kier alpha value is -1.94. The summed E-state index contributed by atoms with van der Waals surface area (Å²) in [6.07, 6.45) is 0. The van der Waals surface area contributed by atoms with Gasteiger partial charge in [0.25, 0.3) is 5.56 Å². The second-order valence-corrected chi connectivity index (χ2v) is 4.91. The molecule has 0 unspecified atom stereocenters. The molecule has 0 spiro atoms. The number of nitrogens with zero attached hydrogens (tertiary/aromatic N) is 1. The monoisotopic (exact) mass is 243 g/mol. The first-order valence-corrected chi connectivity index (χ1v) is 6.02. The number of hydrogen-bond donors (Lipinski definition) is 0. The number of benzene rings is 1. The quantitative estimate of drug-likeness (QED) is 0.567. The van der Waals surface area contributed by atoms with Gasteiger partial charge in [-0.05, 0) is 18.2 Å². The fraction of sp³-hybridized carbons (Fsp3) is 0.0769. The summed E-state index contributed by atoms with van der Waals surface area (Å²) < 4.78 is 2.43. The zero-order chi connectivity index (χ0) is 12.0. The van der Waals surface area contributed by atoms with Gasteiger partial charge in [0.15, 0.2) is 5.43 Å². The van der Waals surface area contributed by atoms with Crippen molar-refractivity contribution in [2.24, 2.45) is 7.05 Å². The van der Waals surface area contributed by atoms with Crippen LogP contribution in [0.1, 0.15) is 0 Å². The summed E-state index contributed by atoms with van der Waals surface area (Å²) in [6.45, 7) is 0. The van der Waals surface area contributed by atoms with E-state index in [9.17, 15) is 9.59 Å².